The second-order valence-corrected chi connectivity index (χ2v) is 3.49. The van der Waals surface area contributed by atoms with Crippen molar-refractivity contribution in [2.45, 2.75) is 46.4 Å². The number of hydrogen-bond acceptors (Lipinski definition) is 2. The van der Waals surface area contributed by atoms with E-state index >= 15 is 0 Å². The van der Waals surface area contributed by atoms with Crippen LogP contribution in [0.3, 0.4) is 0 Å². The van der Waals surface area contributed by atoms with Gasteiger partial charge in [-0.1, -0.05) is 26.0 Å². The smallest absolute Gasteiger partial charge is 0.305 e. The van der Waals surface area contributed by atoms with Crippen molar-refractivity contribution in [2.75, 3.05) is 6.56 Å². The Morgan fingerprint density at radius 2 is 2.36 bits per heavy atom. The third kappa shape index (κ3) is 9.30. The summed E-state index contributed by atoms with van der Waals surface area (Å²) in [6, 6.07) is 0. The minimum atomic E-state index is -2.96. The van der Waals surface area contributed by atoms with Crippen molar-refractivity contribution < 1.29 is 16.4 Å². The Kier molecular flexibility index (Phi) is 4.18. The van der Waals surface area contributed by atoms with Crippen LogP contribution in [0.5, 0.6) is 0 Å². The average Bonchev–Trinajstić information content (AvgIpc) is 2.20. The maximum atomic E-state index is 11.3. The second kappa shape index (κ2) is 8.79. The summed E-state index contributed by atoms with van der Waals surface area (Å²) in [4.78, 5) is 11.3. The van der Waals surface area contributed by atoms with Gasteiger partial charge in [-0.25, -0.2) is 0 Å². The quantitative estimate of drug-likeness (QED) is 0.360. The molecule has 2 nitrogen and oxygen atoms in total. The third-order valence-corrected chi connectivity index (χ3v) is 1.69. The van der Waals surface area contributed by atoms with E-state index in [2.05, 4.69) is 24.7 Å². The molecule has 0 aromatic rings. The molecule has 0 saturated heterocycles. The summed E-state index contributed by atoms with van der Waals surface area (Å²) in [5.74, 6) is -0.314. The van der Waals surface area contributed by atoms with Gasteiger partial charge in [-0.3, -0.25) is 4.79 Å². The summed E-state index contributed by atoms with van der Waals surface area (Å²) in [6.45, 7) is -1.72. The van der Waals surface area contributed by atoms with Gasteiger partial charge >= 0.3 is 5.97 Å². The maximum Gasteiger partial charge on any atom is 0.305 e. The van der Waals surface area contributed by atoms with E-state index in [1.807, 2.05) is 6.08 Å². The Morgan fingerprint density at radius 1 is 1.57 bits per heavy atom. The third-order valence-electron chi connectivity index (χ3n) is 1.69. The van der Waals surface area contributed by atoms with E-state index in [0.29, 0.717) is 12.3 Å². The molecule has 0 radical (unpaired) electrons. The first-order valence-electron chi connectivity index (χ1n) is 7.45. The van der Waals surface area contributed by atoms with Gasteiger partial charge in [-0.05, 0) is 32.0 Å². The highest BCUT2D eigenvalue weighted by Gasteiger charge is 1.99. The summed E-state index contributed by atoms with van der Waals surface area (Å²) in [6.07, 6.45) is 6.33. The number of hydrogen-bond donors (Lipinski definition) is 0. The van der Waals surface area contributed by atoms with Gasteiger partial charge in [0.25, 0.3) is 0 Å². The summed E-state index contributed by atoms with van der Waals surface area (Å²) in [5.41, 5.74) is 0. The SMILES string of the molecule is [2H]C([2H])([2H])C([2H])([2H])OC(=O)CCCC/C=C\C(C)C. The van der Waals surface area contributed by atoms with Crippen LogP contribution in [0.25, 0.3) is 0 Å². The molecule has 14 heavy (non-hydrogen) atoms. The van der Waals surface area contributed by atoms with Crippen LogP contribution in [-0.2, 0) is 9.53 Å². The molecule has 0 aromatic carbocycles. The molecule has 0 heterocycles. The molecule has 0 aromatic heterocycles. The zero-order chi connectivity index (χ0) is 15.1. The first kappa shape index (κ1) is 6.65. The lowest BCUT2D eigenvalue weighted by molar-refractivity contribution is -0.143. The van der Waals surface area contributed by atoms with E-state index in [0.717, 1.165) is 12.8 Å². The van der Waals surface area contributed by atoms with Gasteiger partial charge in [0.15, 0.2) is 0 Å². The average molecular weight is 203 g/mol. The molecule has 0 aliphatic heterocycles. The fourth-order valence-electron chi connectivity index (χ4n) is 1.01. The molecule has 0 saturated carbocycles. The molecular weight excluding hydrogens is 176 g/mol. The van der Waals surface area contributed by atoms with Gasteiger partial charge in [0.1, 0.15) is 0 Å². The predicted molar refractivity (Wildman–Crippen MR) is 59.1 cm³/mol. The molecule has 0 unspecified atom stereocenters. The van der Waals surface area contributed by atoms with E-state index in [9.17, 15) is 4.79 Å². The van der Waals surface area contributed by atoms with Crippen LogP contribution in [0.4, 0.5) is 0 Å². The number of ether oxygens (including phenoxy) is 1. The van der Waals surface area contributed by atoms with E-state index in [-0.39, 0.29) is 6.42 Å². The van der Waals surface area contributed by atoms with Crippen molar-refractivity contribution in [1.29, 1.82) is 0 Å². The van der Waals surface area contributed by atoms with Gasteiger partial charge in [-0.2, -0.15) is 0 Å². The number of carbonyl (C=O) groups excluding carboxylic acids is 1. The van der Waals surface area contributed by atoms with Crippen LogP contribution in [0.15, 0.2) is 12.2 Å². The minimum Gasteiger partial charge on any atom is -0.466 e. The van der Waals surface area contributed by atoms with E-state index < -0.39 is 19.4 Å². The van der Waals surface area contributed by atoms with Crippen molar-refractivity contribution in [2.24, 2.45) is 5.92 Å². The van der Waals surface area contributed by atoms with Crippen molar-refractivity contribution >= 4 is 5.97 Å². The highest BCUT2D eigenvalue weighted by Crippen LogP contribution is 2.03. The molecule has 2 heteroatoms. The number of carbonyl (C=O) groups is 1. The van der Waals surface area contributed by atoms with Crippen molar-refractivity contribution in [3.05, 3.63) is 12.2 Å². The van der Waals surface area contributed by atoms with Crippen LogP contribution in [0.2, 0.25) is 0 Å². The largest absolute Gasteiger partial charge is 0.466 e. The first-order chi connectivity index (χ1) is 8.56. The van der Waals surface area contributed by atoms with Gasteiger partial charge in [0.2, 0.25) is 0 Å². The first-order valence-corrected chi connectivity index (χ1v) is 4.95. The highest BCUT2D eigenvalue weighted by atomic mass is 16.5. The fourth-order valence-corrected chi connectivity index (χ4v) is 1.01. The lowest BCUT2D eigenvalue weighted by Gasteiger charge is -2.00. The summed E-state index contributed by atoms with van der Waals surface area (Å²) >= 11 is 0. The molecule has 82 valence electrons. The van der Waals surface area contributed by atoms with Crippen LogP contribution in [0.1, 0.15) is 53.2 Å². The van der Waals surface area contributed by atoms with Gasteiger partial charge in [0.05, 0.1) is 9.30 Å². The predicted octanol–water partition coefficient (Wildman–Crippen LogP) is 3.32. The number of rotatable bonds is 7. The number of allylic oxidation sites excluding steroid dienone is 2. The Hall–Kier alpha value is -0.790. The molecule has 0 rings (SSSR count). The molecule has 0 bridgehead atoms. The van der Waals surface area contributed by atoms with Crippen molar-refractivity contribution in [3.63, 3.8) is 0 Å². The van der Waals surface area contributed by atoms with E-state index in [1.165, 1.54) is 0 Å². The fraction of sp³-hybridized carbons (Fsp3) is 0.750. The standard InChI is InChI=1S/C12H22O2/c1-4-14-12(13)10-8-6-5-7-9-11(2)3/h7,9,11H,4-6,8,10H2,1-3H3/b9-7-/i1D3,4D2. The van der Waals surface area contributed by atoms with E-state index in [4.69, 9.17) is 6.85 Å². The lowest BCUT2D eigenvalue weighted by atomic mass is 10.1. The highest BCUT2D eigenvalue weighted by molar-refractivity contribution is 5.69. The number of unbranched alkanes of at least 4 members (excludes halogenated alkanes) is 2. The monoisotopic (exact) mass is 203 g/mol. The lowest BCUT2D eigenvalue weighted by Crippen LogP contribution is -2.02. The maximum absolute atomic E-state index is 11.3. The number of esters is 1. The zero-order valence-corrected chi connectivity index (χ0v) is 8.88. The molecule has 0 spiro atoms. The van der Waals surface area contributed by atoms with Crippen LogP contribution in [-0.4, -0.2) is 12.5 Å². The van der Waals surface area contributed by atoms with Gasteiger partial charge in [0, 0.05) is 10.5 Å². The summed E-state index contributed by atoms with van der Waals surface area (Å²) in [7, 11) is 0. The topological polar surface area (TPSA) is 26.3 Å². The Morgan fingerprint density at radius 3 is 3.00 bits per heavy atom. The molecule has 0 atom stereocenters. The van der Waals surface area contributed by atoms with E-state index in [1.54, 1.807) is 0 Å². The zero-order valence-electron chi connectivity index (χ0n) is 13.9. The Balaban J connectivity index is 3.89. The molecule has 0 aliphatic carbocycles. The minimum absolute atomic E-state index is 0.0328. The molecule has 0 aliphatic rings. The second-order valence-electron chi connectivity index (χ2n) is 3.49. The van der Waals surface area contributed by atoms with Crippen LogP contribution < -0.4 is 0 Å². The Bertz CT molecular complexity index is 308. The summed E-state index contributed by atoms with van der Waals surface area (Å²) in [5, 5.41) is 0. The summed E-state index contributed by atoms with van der Waals surface area (Å²) < 4.78 is 39.4. The molecule has 0 N–H and O–H groups in total. The molecule has 0 amide bonds. The van der Waals surface area contributed by atoms with Crippen molar-refractivity contribution in [1.82, 2.24) is 0 Å². The Labute approximate surface area is 94.4 Å². The van der Waals surface area contributed by atoms with Crippen LogP contribution >= 0.6 is 0 Å². The van der Waals surface area contributed by atoms with Crippen LogP contribution in [0, 0.1) is 5.92 Å². The van der Waals surface area contributed by atoms with Gasteiger partial charge < -0.3 is 4.74 Å². The molecular formula is C12H22O2. The normalized spacial score (nSPS) is 18.4. The van der Waals surface area contributed by atoms with Gasteiger partial charge in [-0.15, -0.1) is 0 Å². The molecule has 0 fully saturated rings. The van der Waals surface area contributed by atoms with Crippen molar-refractivity contribution in [3.8, 4) is 0 Å².